The molecule has 1 amide bonds. The molecule has 4 aromatic rings. The summed E-state index contributed by atoms with van der Waals surface area (Å²) in [5, 5.41) is 5.42. The van der Waals surface area contributed by atoms with Crippen LogP contribution >= 0.6 is 22.7 Å². The molecule has 9 heteroatoms. The second-order valence-corrected chi connectivity index (χ2v) is 10.2. The lowest BCUT2D eigenvalue weighted by Crippen LogP contribution is -2.35. The van der Waals surface area contributed by atoms with Crippen molar-refractivity contribution in [3.05, 3.63) is 68.9 Å². The monoisotopic (exact) mass is 480 g/mol. The third-order valence-corrected chi connectivity index (χ3v) is 7.55. The van der Waals surface area contributed by atoms with Crippen molar-refractivity contribution in [2.75, 3.05) is 31.6 Å². The Bertz CT molecular complexity index is 1330. The number of morpholine rings is 1. The average Bonchev–Trinajstić information content (AvgIpc) is 3.44. The van der Waals surface area contributed by atoms with Crippen LogP contribution in [0.5, 0.6) is 0 Å². The summed E-state index contributed by atoms with van der Waals surface area (Å²) in [6.45, 7) is 6.23. The smallest absolute Gasteiger partial charge is 0.263 e. The molecule has 0 saturated carbocycles. The normalized spacial score (nSPS) is 14.6. The molecule has 5 rings (SSSR count). The Morgan fingerprint density at radius 2 is 1.94 bits per heavy atom. The first-order valence-electron chi connectivity index (χ1n) is 10.8. The molecule has 0 bridgehead atoms. The molecule has 0 unspecified atom stereocenters. The standard InChI is InChI=1S/C24H24N4O3S2/c1-16-2-7-20(33-16)19-14-32-23-22(19)24(30)28(15-25-23)13-21(29)26-18-5-3-17(4-6-18)12-27-8-10-31-11-9-27/h2-7,14-15H,8-13H2,1H3,(H,26,29). The summed E-state index contributed by atoms with van der Waals surface area (Å²) in [6.07, 6.45) is 1.45. The number of fused-ring (bicyclic) bond motifs is 1. The maximum atomic E-state index is 13.2. The summed E-state index contributed by atoms with van der Waals surface area (Å²) < 4.78 is 6.77. The minimum Gasteiger partial charge on any atom is -0.379 e. The van der Waals surface area contributed by atoms with E-state index in [0.29, 0.717) is 15.9 Å². The van der Waals surface area contributed by atoms with Gasteiger partial charge in [-0.3, -0.25) is 19.1 Å². The highest BCUT2D eigenvalue weighted by molar-refractivity contribution is 7.19. The van der Waals surface area contributed by atoms with E-state index >= 15 is 0 Å². The second-order valence-electron chi connectivity index (χ2n) is 8.05. The highest BCUT2D eigenvalue weighted by atomic mass is 32.1. The van der Waals surface area contributed by atoms with Crippen LogP contribution in [-0.2, 0) is 22.6 Å². The lowest BCUT2D eigenvalue weighted by atomic mass is 10.2. The molecule has 33 heavy (non-hydrogen) atoms. The number of carbonyl (C=O) groups is 1. The van der Waals surface area contributed by atoms with Gasteiger partial charge in [-0.1, -0.05) is 12.1 Å². The van der Waals surface area contributed by atoms with E-state index in [1.54, 1.807) is 11.3 Å². The number of thiophene rings is 2. The predicted molar refractivity (Wildman–Crippen MR) is 133 cm³/mol. The summed E-state index contributed by atoms with van der Waals surface area (Å²) in [5.74, 6) is -0.261. The maximum Gasteiger partial charge on any atom is 0.263 e. The van der Waals surface area contributed by atoms with E-state index < -0.39 is 0 Å². The van der Waals surface area contributed by atoms with E-state index in [0.717, 1.165) is 43.3 Å². The zero-order chi connectivity index (χ0) is 22.8. The maximum absolute atomic E-state index is 13.2. The number of amides is 1. The largest absolute Gasteiger partial charge is 0.379 e. The minimum absolute atomic E-state index is 0.0872. The first kappa shape index (κ1) is 22.0. The Balaban J connectivity index is 1.28. The number of carbonyl (C=O) groups excluding carboxylic acids is 1. The summed E-state index contributed by atoms with van der Waals surface area (Å²) in [7, 11) is 0. The first-order valence-corrected chi connectivity index (χ1v) is 12.5. The van der Waals surface area contributed by atoms with E-state index in [1.165, 1.54) is 32.7 Å². The van der Waals surface area contributed by atoms with Crippen molar-refractivity contribution in [3.63, 3.8) is 0 Å². The third kappa shape index (κ3) is 4.91. The molecule has 1 aromatic carbocycles. The average molecular weight is 481 g/mol. The van der Waals surface area contributed by atoms with Gasteiger partial charge in [0.15, 0.2) is 0 Å². The highest BCUT2D eigenvalue weighted by Crippen LogP contribution is 2.34. The fourth-order valence-electron chi connectivity index (χ4n) is 3.91. The Morgan fingerprint density at radius 3 is 2.67 bits per heavy atom. The van der Waals surface area contributed by atoms with Crippen molar-refractivity contribution in [3.8, 4) is 10.4 Å². The first-order chi connectivity index (χ1) is 16.1. The molecule has 0 radical (unpaired) electrons. The lowest BCUT2D eigenvalue weighted by Gasteiger charge is -2.26. The molecule has 1 aliphatic rings. The predicted octanol–water partition coefficient (Wildman–Crippen LogP) is 3.97. The molecule has 1 saturated heterocycles. The molecule has 0 aliphatic carbocycles. The minimum atomic E-state index is -0.261. The van der Waals surface area contributed by atoms with Crippen molar-refractivity contribution in [1.82, 2.24) is 14.5 Å². The molecule has 1 fully saturated rings. The van der Waals surface area contributed by atoms with Crippen LogP contribution in [0.3, 0.4) is 0 Å². The summed E-state index contributed by atoms with van der Waals surface area (Å²) in [5.41, 5.74) is 2.59. The van der Waals surface area contributed by atoms with Gasteiger partial charge in [-0.25, -0.2) is 4.98 Å². The zero-order valence-electron chi connectivity index (χ0n) is 18.2. The molecule has 170 valence electrons. The van der Waals surface area contributed by atoms with Gasteiger partial charge in [-0.2, -0.15) is 0 Å². The number of hydrogen-bond donors (Lipinski definition) is 1. The van der Waals surface area contributed by atoms with Crippen molar-refractivity contribution >= 4 is 44.5 Å². The summed E-state index contributed by atoms with van der Waals surface area (Å²) >= 11 is 3.09. The van der Waals surface area contributed by atoms with Crippen LogP contribution in [0.1, 0.15) is 10.4 Å². The summed E-state index contributed by atoms with van der Waals surface area (Å²) in [4.78, 5) is 35.5. The van der Waals surface area contributed by atoms with E-state index in [1.807, 2.05) is 48.7 Å². The SMILES string of the molecule is Cc1ccc(-c2csc3ncn(CC(=O)Nc4ccc(CN5CCOCC5)cc4)c(=O)c23)s1. The fourth-order valence-corrected chi connectivity index (χ4v) is 5.77. The number of anilines is 1. The quantitative estimate of drug-likeness (QED) is 0.452. The van der Waals surface area contributed by atoms with Crippen molar-refractivity contribution < 1.29 is 9.53 Å². The van der Waals surface area contributed by atoms with E-state index in [2.05, 4.69) is 15.2 Å². The van der Waals surface area contributed by atoms with Gasteiger partial charge < -0.3 is 10.1 Å². The van der Waals surface area contributed by atoms with Crippen LogP contribution in [0.15, 0.2) is 52.9 Å². The van der Waals surface area contributed by atoms with Crippen molar-refractivity contribution in [2.24, 2.45) is 0 Å². The van der Waals surface area contributed by atoms with Crippen LogP contribution in [-0.4, -0.2) is 46.7 Å². The lowest BCUT2D eigenvalue weighted by molar-refractivity contribution is -0.116. The molecule has 3 aromatic heterocycles. The molecule has 4 heterocycles. The van der Waals surface area contributed by atoms with Crippen molar-refractivity contribution in [2.45, 2.75) is 20.0 Å². The Kier molecular flexibility index (Phi) is 6.37. The number of ether oxygens (including phenoxy) is 1. The molecule has 1 aliphatic heterocycles. The highest BCUT2D eigenvalue weighted by Gasteiger charge is 2.16. The number of aryl methyl sites for hydroxylation is 1. The number of nitrogens with one attached hydrogen (secondary N) is 1. The van der Waals surface area contributed by atoms with Gasteiger partial charge in [-0.15, -0.1) is 22.7 Å². The van der Waals surface area contributed by atoms with Crippen LogP contribution < -0.4 is 10.9 Å². The zero-order valence-corrected chi connectivity index (χ0v) is 19.9. The van der Waals surface area contributed by atoms with E-state index in [9.17, 15) is 9.59 Å². The van der Waals surface area contributed by atoms with Crippen LogP contribution in [0.2, 0.25) is 0 Å². The van der Waals surface area contributed by atoms with Gasteiger partial charge in [0.2, 0.25) is 5.91 Å². The molecule has 0 spiro atoms. The Morgan fingerprint density at radius 1 is 1.15 bits per heavy atom. The van der Waals surface area contributed by atoms with Gasteiger partial charge in [0.05, 0.1) is 24.9 Å². The van der Waals surface area contributed by atoms with Gasteiger partial charge >= 0.3 is 0 Å². The van der Waals surface area contributed by atoms with Gasteiger partial charge in [0.25, 0.3) is 5.56 Å². The molecular weight excluding hydrogens is 456 g/mol. The Labute approximate surface area is 199 Å². The molecule has 1 N–H and O–H groups in total. The third-order valence-electron chi connectivity index (χ3n) is 5.63. The molecule has 0 atom stereocenters. The summed E-state index contributed by atoms with van der Waals surface area (Å²) in [6, 6.07) is 11.9. The van der Waals surface area contributed by atoms with E-state index in [4.69, 9.17) is 4.74 Å². The van der Waals surface area contributed by atoms with Crippen molar-refractivity contribution in [1.29, 1.82) is 0 Å². The van der Waals surface area contributed by atoms with Crippen LogP contribution in [0, 0.1) is 6.92 Å². The topological polar surface area (TPSA) is 76.5 Å². The number of aromatic nitrogens is 2. The van der Waals surface area contributed by atoms with Crippen LogP contribution in [0.4, 0.5) is 5.69 Å². The number of benzene rings is 1. The van der Waals surface area contributed by atoms with E-state index in [-0.39, 0.29) is 18.0 Å². The number of hydrogen-bond acceptors (Lipinski definition) is 7. The molecule has 7 nitrogen and oxygen atoms in total. The van der Waals surface area contributed by atoms with Gasteiger partial charge in [-0.05, 0) is 36.8 Å². The number of nitrogens with zero attached hydrogens (tertiary/aromatic N) is 3. The molecular formula is C24H24N4O3S2. The van der Waals surface area contributed by atoms with Crippen LogP contribution in [0.25, 0.3) is 20.7 Å². The second kappa shape index (κ2) is 9.56. The fraction of sp³-hybridized carbons (Fsp3) is 0.292. The van der Waals surface area contributed by atoms with Gasteiger partial charge in [0.1, 0.15) is 11.4 Å². The van der Waals surface area contributed by atoms with Gasteiger partial charge in [0, 0.05) is 46.0 Å². The Hall–Kier alpha value is -2.85. The number of rotatable bonds is 6.